The van der Waals surface area contributed by atoms with E-state index in [1.54, 1.807) is 11.3 Å². The number of rotatable bonds is 5. The third kappa shape index (κ3) is 4.35. The SMILES string of the molecule is OC(CN1CCN(Cc2cccs2)CC1)c1ccc(F)cc1F. The molecule has 1 N–H and O–H groups in total. The molecule has 1 saturated heterocycles. The molecule has 23 heavy (non-hydrogen) atoms. The Kier molecular flexibility index (Phi) is 5.38. The van der Waals surface area contributed by atoms with E-state index in [2.05, 4.69) is 27.3 Å². The van der Waals surface area contributed by atoms with Crippen molar-refractivity contribution in [3.05, 3.63) is 57.8 Å². The van der Waals surface area contributed by atoms with Crippen molar-refractivity contribution in [3.63, 3.8) is 0 Å². The highest BCUT2D eigenvalue weighted by Gasteiger charge is 2.21. The van der Waals surface area contributed by atoms with Crippen molar-refractivity contribution < 1.29 is 13.9 Å². The van der Waals surface area contributed by atoms with Gasteiger partial charge in [0.1, 0.15) is 11.6 Å². The highest BCUT2D eigenvalue weighted by atomic mass is 32.1. The van der Waals surface area contributed by atoms with Gasteiger partial charge in [-0.1, -0.05) is 12.1 Å². The van der Waals surface area contributed by atoms with Crippen LogP contribution in [0.5, 0.6) is 0 Å². The fourth-order valence-electron chi connectivity index (χ4n) is 2.87. The highest BCUT2D eigenvalue weighted by Crippen LogP contribution is 2.20. The van der Waals surface area contributed by atoms with Crippen LogP contribution in [-0.4, -0.2) is 47.6 Å². The quantitative estimate of drug-likeness (QED) is 0.908. The van der Waals surface area contributed by atoms with E-state index in [1.165, 1.54) is 17.0 Å². The van der Waals surface area contributed by atoms with Crippen molar-refractivity contribution >= 4 is 11.3 Å². The lowest BCUT2D eigenvalue weighted by Crippen LogP contribution is -2.47. The van der Waals surface area contributed by atoms with Gasteiger partial charge in [-0.05, 0) is 17.5 Å². The predicted molar refractivity (Wildman–Crippen MR) is 87.4 cm³/mol. The third-order valence-electron chi connectivity index (χ3n) is 4.18. The molecule has 1 fully saturated rings. The minimum atomic E-state index is -0.931. The van der Waals surface area contributed by atoms with Crippen molar-refractivity contribution in [2.45, 2.75) is 12.6 Å². The molecule has 0 saturated carbocycles. The largest absolute Gasteiger partial charge is 0.387 e. The Hall–Kier alpha value is -1.34. The van der Waals surface area contributed by atoms with Crippen molar-refractivity contribution in [2.75, 3.05) is 32.7 Å². The number of benzene rings is 1. The van der Waals surface area contributed by atoms with Crippen LogP contribution in [0, 0.1) is 11.6 Å². The summed E-state index contributed by atoms with van der Waals surface area (Å²) in [5.74, 6) is -1.31. The third-order valence-corrected chi connectivity index (χ3v) is 5.04. The summed E-state index contributed by atoms with van der Waals surface area (Å²) in [5.41, 5.74) is 0.160. The summed E-state index contributed by atoms with van der Waals surface area (Å²) < 4.78 is 26.6. The van der Waals surface area contributed by atoms with Crippen LogP contribution in [0.1, 0.15) is 16.5 Å². The fourth-order valence-corrected chi connectivity index (χ4v) is 3.61. The second kappa shape index (κ2) is 7.49. The summed E-state index contributed by atoms with van der Waals surface area (Å²) in [5, 5.41) is 12.3. The molecule has 0 radical (unpaired) electrons. The maximum atomic E-state index is 13.7. The topological polar surface area (TPSA) is 26.7 Å². The maximum absolute atomic E-state index is 13.7. The number of halogens is 2. The van der Waals surface area contributed by atoms with E-state index in [0.29, 0.717) is 6.54 Å². The molecule has 0 aliphatic carbocycles. The van der Waals surface area contributed by atoms with Crippen LogP contribution in [0.3, 0.4) is 0 Å². The number of nitrogens with zero attached hydrogens (tertiary/aromatic N) is 2. The van der Waals surface area contributed by atoms with Gasteiger partial charge in [-0.2, -0.15) is 0 Å². The van der Waals surface area contributed by atoms with Gasteiger partial charge >= 0.3 is 0 Å². The van der Waals surface area contributed by atoms with Crippen molar-refractivity contribution in [1.29, 1.82) is 0 Å². The van der Waals surface area contributed by atoms with Crippen LogP contribution in [0.2, 0.25) is 0 Å². The van der Waals surface area contributed by atoms with E-state index in [0.717, 1.165) is 38.8 Å². The average molecular weight is 338 g/mol. The van der Waals surface area contributed by atoms with E-state index in [1.807, 2.05) is 0 Å². The molecular formula is C17H20F2N2OS. The molecule has 1 aliphatic heterocycles. The Morgan fingerprint density at radius 3 is 2.48 bits per heavy atom. The molecular weight excluding hydrogens is 318 g/mol. The minimum absolute atomic E-state index is 0.160. The Balaban J connectivity index is 1.50. The molecule has 1 aromatic carbocycles. The smallest absolute Gasteiger partial charge is 0.131 e. The van der Waals surface area contributed by atoms with Crippen LogP contribution in [0.25, 0.3) is 0 Å². The van der Waals surface area contributed by atoms with E-state index in [4.69, 9.17) is 0 Å². The van der Waals surface area contributed by atoms with Gasteiger partial charge in [0.15, 0.2) is 0 Å². The summed E-state index contributed by atoms with van der Waals surface area (Å²) in [6.07, 6.45) is -0.931. The molecule has 1 unspecified atom stereocenters. The van der Waals surface area contributed by atoms with E-state index in [9.17, 15) is 13.9 Å². The number of aliphatic hydroxyl groups is 1. The van der Waals surface area contributed by atoms with E-state index < -0.39 is 17.7 Å². The molecule has 2 heterocycles. The Morgan fingerprint density at radius 2 is 1.83 bits per heavy atom. The van der Waals surface area contributed by atoms with Gasteiger partial charge in [-0.15, -0.1) is 11.3 Å². The molecule has 0 spiro atoms. The highest BCUT2D eigenvalue weighted by molar-refractivity contribution is 7.09. The van der Waals surface area contributed by atoms with Gasteiger partial charge in [-0.3, -0.25) is 9.80 Å². The van der Waals surface area contributed by atoms with Crippen LogP contribution < -0.4 is 0 Å². The number of hydrogen-bond acceptors (Lipinski definition) is 4. The Bertz CT molecular complexity index is 628. The number of hydrogen-bond donors (Lipinski definition) is 1. The first-order chi connectivity index (χ1) is 11.1. The van der Waals surface area contributed by atoms with Crippen molar-refractivity contribution in [1.82, 2.24) is 9.80 Å². The summed E-state index contributed by atoms with van der Waals surface area (Å²) in [6.45, 7) is 4.86. The van der Waals surface area contributed by atoms with Crippen LogP contribution in [-0.2, 0) is 6.54 Å². The summed E-state index contributed by atoms with van der Waals surface area (Å²) >= 11 is 1.76. The number of β-amino-alcohol motifs (C(OH)–C–C–N with tert-alkyl or cyclic N) is 1. The van der Waals surface area contributed by atoms with Crippen molar-refractivity contribution in [3.8, 4) is 0 Å². The standard InChI is InChI=1S/C17H20F2N2OS/c18-13-3-4-15(16(19)10-13)17(22)12-21-7-5-20(6-8-21)11-14-2-1-9-23-14/h1-4,9-10,17,22H,5-8,11-12H2. The lowest BCUT2D eigenvalue weighted by atomic mass is 10.1. The summed E-state index contributed by atoms with van der Waals surface area (Å²) in [4.78, 5) is 5.86. The normalized spacial score (nSPS) is 18.2. The van der Waals surface area contributed by atoms with Crippen LogP contribution in [0.15, 0.2) is 35.7 Å². The zero-order chi connectivity index (χ0) is 16.2. The first kappa shape index (κ1) is 16.5. The van der Waals surface area contributed by atoms with Gasteiger partial charge in [0, 0.05) is 55.8 Å². The molecule has 124 valence electrons. The number of aliphatic hydroxyl groups excluding tert-OH is 1. The molecule has 1 aromatic heterocycles. The summed E-state index contributed by atoms with van der Waals surface area (Å²) in [6, 6.07) is 7.52. The first-order valence-corrected chi connectivity index (χ1v) is 8.60. The second-order valence-corrected chi connectivity index (χ2v) is 6.87. The zero-order valence-corrected chi connectivity index (χ0v) is 13.6. The van der Waals surface area contributed by atoms with E-state index in [-0.39, 0.29) is 5.56 Å². The van der Waals surface area contributed by atoms with Gasteiger partial charge in [-0.25, -0.2) is 8.78 Å². The summed E-state index contributed by atoms with van der Waals surface area (Å²) in [7, 11) is 0. The molecule has 1 aliphatic rings. The van der Waals surface area contributed by atoms with Gasteiger partial charge in [0.05, 0.1) is 6.10 Å². The molecule has 3 nitrogen and oxygen atoms in total. The van der Waals surface area contributed by atoms with Crippen LogP contribution >= 0.6 is 11.3 Å². The Labute approximate surface area is 138 Å². The zero-order valence-electron chi connectivity index (χ0n) is 12.8. The lowest BCUT2D eigenvalue weighted by Gasteiger charge is -2.35. The number of piperazine rings is 1. The molecule has 6 heteroatoms. The van der Waals surface area contributed by atoms with Gasteiger partial charge < -0.3 is 5.11 Å². The average Bonchev–Trinajstić information content (AvgIpc) is 3.02. The van der Waals surface area contributed by atoms with E-state index >= 15 is 0 Å². The lowest BCUT2D eigenvalue weighted by molar-refractivity contribution is 0.0688. The minimum Gasteiger partial charge on any atom is -0.387 e. The molecule has 3 rings (SSSR count). The Morgan fingerprint density at radius 1 is 1.09 bits per heavy atom. The molecule has 0 amide bonds. The molecule has 0 bridgehead atoms. The van der Waals surface area contributed by atoms with Crippen molar-refractivity contribution in [2.24, 2.45) is 0 Å². The molecule has 1 atom stereocenters. The second-order valence-electron chi connectivity index (χ2n) is 5.84. The predicted octanol–water partition coefficient (Wildman–Crippen LogP) is 2.88. The monoisotopic (exact) mass is 338 g/mol. The maximum Gasteiger partial charge on any atom is 0.131 e. The van der Waals surface area contributed by atoms with Gasteiger partial charge in [0.2, 0.25) is 0 Å². The van der Waals surface area contributed by atoms with Crippen LogP contribution in [0.4, 0.5) is 8.78 Å². The fraction of sp³-hybridized carbons (Fsp3) is 0.412. The molecule has 2 aromatic rings. The van der Waals surface area contributed by atoms with Gasteiger partial charge in [0.25, 0.3) is 0 Å². The number of thiophene rings is 1. The first-order valence-electron chi connectivity index (χ1n) is 7.72.